The number of benzene rings is 1. The van der Waals surface area contributed by atoms with Crippen molar-refractivity contribution in [2.75, 3.05) is 32.7 Å². The van der Waals surface area contributed by atoms with Crippen LogP contribution in [-0.2, 0) is 28.9 Å². The van der Waals surface area contributed by atoms with E-state index in [1.54, 1.807) is 0 Å². The number of nitrogens with one attached hydrogen (secondary N) is 1. The van der Waals surface area contributed by atoms with E-state index in [-0.39, 0.29) is 17.9 Å². The maximum atomic E-state index is 12.8. The van der Waals surface area contributed by atoms with E-state index in [1.807, 2.05) is 9.80 Å². The Labute approximate surface area is 149 Å². The van der Waals surface area contributed by atoms with Crippen LogP contribution in [0.2, 0.25) is 0 Å². The smallest absolute Gasteiger partial charge is 0.236 e. The van der Waals surface area contributed by atoms with Crippen molar-refractivity contribution in [1.29, 1.82) is 0 Å². The van der Waals surface area contributed by atoms with Crippen LogP contribution in [-0.4, -0.2) is 60.4 Å². The van der Waals surface area contributed by atoms with Gasteiger partial charge in [-0.05, 0) is 48.8 Å². The van der Waals surface area contributed by atoms with Gasteiger partial charge in [-0.3, -0.25) is 9.59 Å². The van der Waals surface area contributed by atoms with Crippen molar-refractivity contribution in [3.63, 3.8) is 0 Å². The molecule has 1 aliphatic carbocycles. The summed E-state index contributed by atoms with van der Waals surface area (Å²) in [6.07, 6.45) is 6.03. The average molecular weight is 341 g/mol. The Morgan fingerprint density at radius 1 is 1.16 bits per heavy atom. The predicted molar refractivity (Wildman–Crippen MR) is 96.4 cm³/mol. The molecule has 1 N–H and O–H groups in total. The summed E-state index contributed by atoms with van der Waals surface area (Å²) in [7, 11) is 0. The average Bonchev–Trinajstić information content (AvgIpc) is 3.10. The third kappa shape index (κ3) is 3.56. The molecule has 1 aromatic carbocycles. The quantitative estimate of drug-likeness (QED) is 0.897. The number of piperazine rings is 1. The number of rotatable bonds is 3. The van der Waals surface area contributed by atoms with E-state index in [1.165, 1.54) is 24.0 Å². The molecule has 2 aliphatic heterocycles. The molecule has 1 unspecified atom stereocenters. The molecule has 5 heteroatoms. The molecule has 4 rings (SSSR count). The molecule has 2 saturated heterocycles. The molecule has 2 amide bonds. The molecular formula is C20H27N3O2. The first kappa shape index (κ1) is 16.6. The van der Waals surface area contributed by atoms with Crippen LogP contribution in [0.15, 0.2) is 18.2 Å². The lowest BCUT2D eigenvalue weighted by atomic mass is 10.0. The van der Waals surface area contributed by atoms with E-state index in [0.29, 0.717) is 19.5 Å². The van der Waals surface area contributed by atoms with Gasteiger partial charge in [0.05, 0.1) is 13.0 Å². The van der Waals surface area contributed by atoms with Crippen molar-refractivity contribution in [3.05, 3.63) is 34.9 Å². The van der Waals surface area contributed by atoms with Gasteiger partial charge in [0.25, 0.3) is 0 Å². The Bertz CT molecular complexity index is 673. The monoisotopic (exact) mass is 341 g/mol. The van der Waals surface area contributed by atoms with Crippen LogP contribution in [0.4, 0.5) is 0 Å². The summed E-state index contributed by atoms with van der Waals surface area (Å²) in [5.41, 5.74) is 4.01. The van der Waals surface area contributed by atoms with E-state index in [4.69, 9.17) is 0 Å². The fourth-order valence-corrected chi connectivity index (χ4v) is 4.46. The van der Waals surface area contributed by atoms with Crippen LogP contribution in [0, 0.1) is 0 Å². The number of likely N-dealkylation sites (tertiary alicyclic amines) is 1. The van der Waals surface area contributed by atoms with Crippen LogP contribution < -0.4 is 5.32 Å². The van der Waals surface area contributed by atoms with E-state index in [0.717, 1.165) is 44.5 Å². The van der Waals surface area contributed by atoms with Crippen LogP contribution in [0.1, 0.15) is 36.0 Å². The highest BCUT2D eigenvalue weighted by Gasteiger charge is 2.31. The maximum Gasteiger partial charge on any atom is 0.236 e. The van der Waals surface area contributed by atoms with Gasteiger partial charge in [0.2, 0.25) is 11.8 Å². The minimum atomic E-state index is 0.171. The molecule has 0 aromatic heterocycles. The number of amides is 2. The van der Waals surface area contributed by atoms with Crippen LogP contribution >= 0.6 is 0 Å². The molecule has 3 aliphatic rings. The molecule has 5 nitrogen and oxygen atoms in total. The topological polar surface area (TPSA) is 52.7 Å². The number of hydrogen-bond donors (Lipinski definition) is 1. The zero-order valence-electron chi connectivity index (χ0n) is 14.8. The van der Waals surface area contributed by atoms with Gasteiger partial charge in [-0.25, -0.2) is 0 Å². The van der Waals surface area contributed by atoms with E-state index < -0.39 is 0 Å². The molecule has 25 heavy (non-hydrogen) atoms. The third-order valence-corrected chi connectivity index (χ3v) is 5.83. The summed E-state index contributed by atoms with van der Waals surface area (Å²) in [5, 5.41) is 3.12. The number of fused-ring (bicyclic) bond motifs is 1. The largest absolute Gasteiger partial charge is 0.340 e. The minimum Gasteiger partial charge on any atom is -0.340 e. The fourth-order valence-electron chi connectivity index (χ4n) is 4.46. The Morgan fingerprint density at radius 3 is 2.92 bits per heavy atom. The van der Waals surface area contributed by atoms with E-state index in [9.17, 15) is 9.59 Å². The second-order valence-electron chi connectivity index (χ2n) is 7.53. The predicted octanol–water partition coefficient (Wildman–Crippen LogP) is 1.14. The Morgan fingerprint density at radius 2 is 2.04 bits per heavy atom. The first-order chi connectivity index (χ1) is 12.2. The Kier molecular flexibility index (Phi) is 4.75. The van der Waals surface area contributed by atoms with E-state index in [2.05, 4.69) is 23.5 Å². The van der Waals surface area contributed by atoms with Crippen molar-refractivity contribution >= 4 is 11.8 Å². The number of aryl methyl sites for hydroxylation is 2. The Balaban J connectivity index is 1.39. The molecule has 1 aromatic rings. The maximum absolute atomic E-state index is 12.8. The SMILES string of the molecule is O=C(Cc1ccc2c(c1)CCC2)N1CCCC(N2CCNCC2=O)C1. The summed E-state index contributed by atoms with van der Waals surface area (Å²) < 4.78 is 0. The van der Waals surface area contributed by atoms with Crippen LogP contribution in [0.5, 0.6) is 0 Å². The van der Waals surface area contributed by atoms with Gasteiger partial charge in [0.1, 0.15) is 0 Å². The van der Waals surface area contributed by atoms with E-state index >= 15 is 0 Å². The highest BCUT2D eigenvalue weighted by molar-refractivity contribution is 5.80. The van der Waals surface area contributed by atoms with Gasteiger partial charge in [0.15, 0.2) is 0 Å². The molecular weight excluding hydrogens is 314 g/mol. The highest BCUT2D eigenvalue weighted by Crippen LogP contribution is 2.24. The lowest BCUT2D eigenvalue weighted by molar-refractivity contribution is -0.140. The van der Waals surface area contributed by atoms with Gasteiger partial charge >= 0.3 is 0 Å². The van der Waals surface area contributed by atoms with Gasteiger partial charge in [0, 0.05) is 32.2 Å². The highest BCUT2D eigenvalue weighted by atomic mass is 16.2. The molecule has 0 bridgehead atoms. The fraction of sp³-hybridized carbons (Fsp3) is 0.600. The minimum absolute atomic E-state index is 0.171. The molecule has 0 radical (unpaired) electrons. The second kappa shape index (κ2) is 7.16. The number of carbonyl (C=O) groups is 2. The lowest BCUT2D eigenvalue weighted by Crippen LogP contribution is -2.57. The number of piperidine rings is 1. The van der Waals surface area contributed by atoms with Gasteiger partial charge in [-0.2, -0.15) is 0 Å². The summed E-state index contributed by atoms with van der Waals surface area (Å²) in [6, 6.07) is 6.72. The van der Waals surface area contributed by atoms with Gasteiger partial charge in [-0.1, -0.05) is 18.2 Å². The summed E-state index contributed by atoms with van der Waals surface area (Å²) in [4.78, 5) is 28.9. The number of hydrogen-bond acceptors (Lipinski definition) is 3. The summed E-state index contributed by atoms with van der Waals surface area (Å²) >= 11 is 0. The standard InChI is InChI=1S/C20H27N3O2/c24-19(12-15-6-7-16-3-1-4-17(16)11-15)22-9-2-5-18(14-22)23-10-8-21-13-20(23)25/h6-7,11,18,21H,1-5,8-10,12-14H2. The summed E-state index contributed by atoms with van der Waals surface area (Å²) in [5.74, 6) is 0.370. The zero-order valence-corrected chi connectivity index (χ0v) is 14.8. The van der Waals surface area contributed by atoms with Crippen molar-refractivity contribution in [3.8, 4) is 0 Å². The van der Waals surface area contributed by atoms with Crippen molar-refractivity contribution < 1.29 is 9.59 Å². The normalized spacial score (nSPS) is 23.7. The molecule has 134 valence electrons. The molecule has 0 saturated carbocycles. The zero-order chi connectivity index (χ0) is 17.2. The Hall–Kier alpha value is -1.88. The number of nitrogens with zero attached hydrogens (tertiary/aromatic N) is 2. The second-order valence-corrected chi connectivity index (χ2v) is 7.53. The molecule has 2 heterocycles. The van der Waals surface area contributed by atoms with Gasteiger partial charge < -0.3 is 15.1 Å². The van der Waals surface area contributed by atoms with Crippen molar-refractivity contribution in [2.24, 2.45) is 0 Å². The lowest BCUT2D eigenvalue weighted by Gasteiger charge is -2.41. The van der Waals surface area contributed by atoms with Crippen molar-refractivity contribution in [2.45, 2.75) is 44.6 Å². The van der Waals surface area contributed by atoms with Crippen molar-refractivity contribution in [1.82, 2.24) is 15.1 Å². The third-order valence-electron chi connectivity index (χ3n) is 5.83. The van der Waals surface area contributed by atoms with Gasteiger partial charge in [-0.15, -0.1) is 0 Å². The van der Waals surface area contributed by atoms with Crippen LogP contribution in [0.3, 0.4) is 0 Å². The number of carbonyl (C=O) groups excluding carboxylic acids is 2. The molecule has 0 spiro atoms. The molecule has 2 fully saturated rings. The first-order valence-corrected chi connectivity index (χ1v) is 9.59. The summed E-state index contributed by atoms with van der Waals surface area (Å²) in [6.45, 7) is 3.55. The first-order valence-electron chi connectivity index (χ1n) is 9.59. The van der Waals surface area contributed by atoms with Crippen LogP contribution in [0.25, 0.3) is 0 Å². The molecule has 1 atom stereocenters.